The third-order valence-electron chi connectivity index (χ3n) is 2.91. The minimum atomic E-state index is 0.420. The largest absolute Gasteiger partial charge is 0.496 e. The fraction of sp³-hybridized carbons (Fsp3) is 0.308. The SMILES string of the molecule is CCc1ccc(OC)c(-c2n[nH]c(CN)c2Br)c1. The number of halogens is 1. The first-order valence-corrected chi connectivity index (χ1v) is 6.60. The molecule has 0 amide bonds. The van der Waals surface area contributed by atoms with E-state index in [1.807, 2.05) is 6.07 Å². The molecular formula is C13H16BrN3O. The van der Waals surface area contributed by atoms with Crippen molar-refractivity contribution in [2.24, 2.45) is 5.73 Å². The maximum absolute atomic E-state index is 5.64. The predicted molar refractivity (Wildman–Crippen MR) is 75.5 cm³/mol. The molecule has 0 unspecified atom stereocenters. The lowest BCUT2D eigenvalue weighted by Crippen LogP contribution is -1.96. The zero-order valence-electron chi connectivity index (χ0n) is 10.5. The quantitative estimate of drug-likeness (QED) is 0.912. The molecule has 0 atom stereocenters. The Labute approximate surface area is 115 Å². The summed E-state index contributed by atoms with van der Waals surface area (Å²) in [7, 11) is 1.66. The Balaban J connectivity index is 2.57. The highest BCUT2D eigenvalue weighted by atomic mass is 79.9. The minimum Gasteiger partial charge on any atom is -0.496 e. The fourth-order valence-corrected chi connectivity index (χ4v) is 2.39. The van der Waals surface area contributed by atoms with Gasteiger partial charge in [-0.15, -0.1) is 0 Å². The van der Waals surface area contributed by atoms with Gasteiger partial charge in [-0.2, -0.15) is 5.10 Å². The van der Waals surface area contributed by atoms with Crippen LogP contribution in [0.2, 0.25) is 0 Å². The van der Waals surface area contributed by atoms with Crippen molar-refractivity contribution in [1.29, 1.82) is 0 Å². The Hall–Kier alpha value is -1.33. The van der Waals surface area contributed by atoms with Gasteiger partial charge in [0.1, 0.15) is 11.4 Å². The molecule has 18 heavy (non-hydrogen) atoms. The van der Waals surface area contributed by atoms with Crippen molar-refractivity contribution in [3.63, 3.8) is 0 Å². The molecule has 0 saturated carbocycles. The molecule has 0 aliphatic heterocycles. The third kappa shape index (κ3) is 2.28. The molecule has 0 aliphatic carbocycles. The molecule has 1 aromatic carbocycles. The predicted octanol–water partition coefficient (Wildman–Crippen LogP) is 2.87. The number of H-pyrrole nitrogens is 1. The second-order valence-electron chi connectivity index (χ2n) is 3.96. The summed E-state index contributed by atoms with van der Waals surface area (Å²) in [5.74, 6) is 0.808. The molecule has 2 aromatic rings. The second kappa shape index (κ2) is 5.54. The maximum atomic E-state index is 5.64. The molecule has 0 aliphatic rings. The minimum absolute atomic E-state index is 0.420. The van der Waals surface area contributed by atoms with E-state index >= 15 is 0 Å². The molecule has 0 bridgehead atoms. The summed E-state index contributed by atoms with van der Waals surface area (Å²) >= 11 is 3.53. The van der Waals surface area contributed by atoms with Gasteiger partial charge in [0, 0.05) is 12.1 Å². The molecule has 2 rings (SSSR count). The molecule has 4 nitrogen and oxygen atoms in total. The van der Waals surface area contributed by atoms with Crippen molar-refractivity contribution in [1.82, 2.24) is 10.2 Å². The molecule has 5 heteroatoms. The van der Waals surface area contributed by atoms with Gasteiger partial charge >= 0.3 is 0 Å². The van der Waals surface area contributed by atoms with E-state index in [2.05, 4.69) is 45.2 Å². The smallest absolute Gasteiger partial charge is 0.128 e. The highest BCUT2D eigenvalue weighted by Crippen LogP contribution is 2.35. The van der Waals surface area contributed by atoms with Crippen molar-refractivity contribution >= 4 is 15.9 Å². The van der Waals surface area contributed by atoms with E-state index in [-0.39, 0.29) is 0 Å². The summed E-state index contributed by atoms with van der Waals surface area (Å²) < 4.78 is 6.29. The first-order valence-electron chi connectivity index (χ1n) is 5.81. The Morgan fingerprint density at radius 2 is 2.22 bits per heavy atom. The zero-order valence-corrected chi connectivity index (χ0v) is 12.0. The fourth-order valence-electron chi connectivity index (χ4n) is 1.84. The number of nitrogens with zero attached hydrogens (tertiary/aromatic N) is 1. The highest BCUT2D eigenvalue weighted by Gasteiger charge is 2.15. The Morgan fingerprint density at radius 3 is 2.78 bits per heavy atom. The normalized spacial score (nSPS) is 10.7. The van der Waals surface area contributed by atoms with Crippen LogP contribution in [-0.4, -0.2) is 17.3 Å². The summed E-state index contributed by atoms with van der Waals surface area (Å²) in [6.07, 6.45) is 0.975. The molecule has 0 radical (unpaired) electrons. The summed E-state index contributed by atoms with van der Waals surface area (Å²) in [5, 5.41) is 7.24. The number of rotatable bonds is 4. The van der Waals surface area contributed by atoms with Gasteiger partial charge in [-0.1, -0.05) is 13.0 Å². The van der Waals surface area contributed by atoms with Crippen LogP contribution in [0.1, 0.15) is 18.2 Å². The van der Waals surface area contributed by atoms with Crippen molar-refractivity contribution in [3.8, 4) is 17.0 Å². The van der Waals surface area contributed by atoms with Crippen LogP contribution in [0.15, 0.2) is 22.7 Å². The molecule has 0 saturated heterocycles. The molecule has 3 N–H and O–H groups in total. The maximum Gasteiger partial charge on any atom is 0.128 e. The van der Waals surface area contributed by atoms with Gasteiger partial charge in [-0.25, -0.2) is 0 Å². The van der Waals surface area contributed by atoms with E-state index in [1.54, 1.807) is 7.11 Å². The van der Waals surface area contributed by atoms with E-state index in [0.29, 0.717) is 6.54 Å². The summed E-state index contributed by atoms with van der Waals surface area (Å²) in [5.41, 5.74) is 9.57. The number of hydrogen-bond acceptors (Lipinski definition) is 3. The average Bonchev–Trinajstić information content (AvgIpc) is 2.78. The number of aromatic nitrogens is 2. The lowest BCUT2D eigenvalue weighted by Gasteiger charge is -2.08. The lowest BCUT2D eigenvalue weighted by molar-refractivity contribution is 0.416. The first-order chi connectivity index (χ1) is 8.71. The van der Waals surface area contributed by atoms with Crippen molar-refractivity contribution in [2.75, 3.05) is 7.11 Å². The van der Waals surface area contributed by atoms with Crippen molar-refractivity contribution in [3.05, 3.63) is 33.9 Å². The Bertz CT molecular complexity index is 551. The van der Waals surface area contributed by atoms with Gasteiger partial charge in [0.15, 0.2) is 0 Å². The summed E-state index contributed by atoms with van der Waals surface area (Å²) in [6.45, 7) is 2.54. The Morgan fingerprint density at radius 1 is 1.44 bits per heavy atom. The third-order valence-corrected chi connectivity index (χ3v) is 3.76. The van der Waals surface area contributed by atoms with E-state index in [0.717, 1.165) is 33.6 Å². The molecular weight excluding hydrogens is 294 g/mol. The number of nitrogens with two attached hydrogens (primary N) is 1. The van der Waals surface area contributed by atoms with Crippen LogP contribution in [0, 0.1) is 0 Å². The van der Waals surface area contributed by atoms with Crippen LogP contribution in [0.3, 0.4) is 0 Å². The standard InChI is InChI=1S/C13H16BrN3O/c1-3-8-4-5-11(18-2)9(6-8)13-12(14)10(7-15)16-17-13/h4-6H,3,7,15H2,1-2H3,(H,16,17). The second-order valence-corrected chi connectivity index (χ2v) is 4.75. The van der Waals surface area contributed by atoms with Gasteiger partial charge in [0.25, 0.3) is 0 Å². The number of ether oxygens (including phenoxy) is 1. The topological polar surface area (TPSA) is 63.9 Å². The number of hydrogen-bond donors (Lipinski definition) is 2. The van der Waals surface area contributed by atoms with E-state index in [4.69, 9.17) is 10.5 Å². The van der Waals surface area contributed by atoms with Gasteiger partial charge in [0.05, 0.1) is 17.3 Å². The van der Waals surface area contributed by atoms with E-state index in [9.17, 15) is 0 Å². The van der Waals surface area contributed by atoms with Crippen LogP contribution in [-0.2, 0) is 13.0 Å². The number of benzene rings is 1. The van der Waals surface area contributed by atoms with Gasteiger partial charge < -0.3 is 10.5 Å². The van der Waals surface area contributed by atoms with Gasteiger partial charge in [-0.05, 0) is 40.0 Å². The zero-order chi connectivity index (χ0) is 13.1. The van der Waals surface area contributed by atoms with Crippen molar-refractivity contribution < 1.29 is 4.74 Å². The number of nitrogens with one attached hydrogen (secondary N) is 1. The first kappa shape index (κ1) is 13.1. The molecule has 1 heterocycles. The molecule has 0 spiro atoms. The van der Waals surface area contributed by atoms with Crippen LogP contribution < -0.4 is 10.5 Å². The highest BCUT2D eigenvalue weighted by molar-refractivity contribution is 9.10. The van der Waals surface area contributed by atoms with E-state index in [1.165, 1.54) is 5.56 Å². The van der Waals surface area contributed by atoms with E-state index < -0.39 is 0 Å². The molecule has 96 valence electrons. The van der Waals surface area contributed by atoms with Crippen LogP contribution in [0.25, 0.3) is 11.3 Å². The van der Waals surface area contributed by atoms with Gasteiger partial charge in [0.2, 0.25) is 0 Å². The van der Waals surface area contributed by atoms with Crippen molar-refractivity contribution in [2.45, 2.75) is 19.9 Å². The molecule has 1 aromatic heterocycles. The lowest BCUT2D eigenvalue weighted by atomic mass is 10.0. The van der Waals surface area contributed by atoms with Gasteiger partial charge in [-0.3, -0.25) is 5.10 Å². The van der Waals surface area contributed by atoms with Crippen LogP contribution in [0.4, 0.5) is 0 Å². The van der Waals surface area contributed by atoms with Crippen LogP contribution in [0.5, 0.6) is 5.75 Å². The summed E-state index contributed by atoms with van der Waals surface area (Å²) in [4.78, 5) is 0. The monoisotopic (exact) mass is 309 g/mol. The number of methoxy groups -OCH3 is 1. The summed E-state index contributed by atoms with van der Waals surface area (Å²) in [6, 6.07) is 6.13. The molecule has 0 fully saturated rings. The van der Waals surface area contributed by atoms with Crippen LogP contribution >= 0.6 is 15.9 Å². The Kier molecular flexibility index (Phi) is 4.04. The number of aromatic amines is 1. The average molecular weight is 310 g/mol. The number of aryl methyl sites for hydroxylation is 1.